The average Bonchev–Trinajstić information content (AvgIpc) is 3.13. The first-order valence-corrected chi connectivity index (χ1v) is 10.5. The predicted octanol–water partition coefficient (Wildman–Crippen LogP) is 2.68. The van der Waals surface area contributed by atoms with E-state index in [9.17, 15) is 0 Å². The van der Waals surface area contributed by atoms with Crippen LogP contribution in [-0.4, -0.2) is 68.9 Å². The molecular formula is C19H36IN5OS. The molecule has 8 heteroatoms. The first-order chi connectivity index (χ1) is 12.5. The number of hydrogen-bond donors (Lipinski definition) is 3. The van der Waals surface area contributed by atoms with Crippen molar-refractivity contribution in [3.63, 3.8) is 0 Å². The number of guanidine groups is 1. The number of halogens is 1. The molecule has 1 saturated heterocycles. The van der Waals surface area contributed by atoms with Crippen molar-refractivity contribution in [1.29, 1.82) is 0 Å². The number of ether oxygens (including phenoxy) is 1. The average molecular weight is 510 g/mol. The van der Waals surface area contributed by atoms with E-state index in [0.29, 0.717) is 6.04 Å². The smallest absolute Gasteiger partial charge is 0.191 e. The van der Waals surface area contributed by atoms with Crippen LogP contribution in [0, 0.1) is 0 Å². The molecule has 0 radical (unpaired) electrons. The summed E-state index contributed by atoms with van der Waals surface area (Å²) in [6, 6.07) is 4.66. The molecule has 1 fully saturated rings. The van der Waals surface area contributed by atoms with Crippen LogP contribution in [0.3, 0.4) is 0 Å². The van der Waals surface area contributed by atoms with Gasteiger partial charge in [0, 0.05) is 43.1 Å². The maximum absolute atomic E-state index is 5.52. The lowest BCUT2D eigenvalue weighted by Crippen LogP contribution is -2.45. The van der Waals surface area contributed by atoms with Crippen molar-refractivity contribution < 1.29 is 4.74 Å². The highest BCUT2D eigenvalue weighted by atomic mass is 127. The van der Waals surface area contributed by atoms with Crippen LogP contribution in [0.1, 0.15) is 38.6 Å². The molecular weight excluding hydrogens is 473 g/mol. The second-order valence-corrected chi connectivity index (χ2v) is 8.48. The Balaban J connectivity index is 0.00000364. The van der Waals surface area contributed by atoms with Gasteiger partial charge in [-0.05, 0) is 39.1 Å². The summed E-state index contributed by atoms with van der Waals surface area (Å²) in [5.41, 5.74) is 0.137. The van der Waals surface area contributed by atoms with Gasteiger partial charge in [-0.2, -0.15) is 0 Å². The van der Waals surface area contributed by atoms with Crippen molar-refractivity contribution in [2.24, 2.45) is 4.99 Å². The van der Waals surface area contributed by atoms with Crippen LogP contribution in [-0.2, 0) is 4.74 Å². The number of nitrogens with zero attached hydrogens (tertiary/aromatic N) is 2. The summed E-state index contributed by atoms with van der Waals surface area (Å²) in [6.07, 6.45) is 0. The molecule has 2 heterocycles. The number of hydrogen-bond acceptors (Lipinski definition) is 5. The van der Waals surface area contributed by atoms with Crippen LogP contribution in [0.15, 0.2) is 22.5 Å². The van der Waals surface area contributed by atoms with Crippen molar-refractivity contribution in [2.75, 3.05) is 52.5 Å². The lowest BCUT2D eigenvalue weighted by molar-refractivity contribution is 0.0186. The van der Waals surface area contributed by atoms with Crippen LogP contribution in [0.5, 0.6) is 0 Å². The van der Waals surface area contributed by atoms with Gasteiger partial charge in [-0.15, -0.1) is 35.3 Å². The maximum Gasteiger partial charge on any atom is 0.191 e. The Kier molecular flexibility index (Phi) is 11.8. The van der Waals surface area contributed by atoms with Gasteiger partial charge in [0.25, 0.3) is 0 Å². The van der Waals surface area contributed by atoms with Gasteiger partial charge in [0.15, 0.2) is 5.96 Å². The van der Waals surface area contributed by atoms with Crippen molar-refractivity contribution in [3.8, 4) is 0 Å². The molecule has 1 aliphatic heterocycles. The third-order valence-electron chi connectivity index (χ3n) is 4.20. The predicted molar refractivity (Wildman–Crippen MR) is 127 cm³/mol. The number of nitrogens with one attached hydrogen (secondary N) is 3. The fraction of sp³-hybridized carbons (Fsp3) is 0.737. The highest BCUT2D eigenvalue weighted by molar-refractivity contribution is 14.0. The van der Waals surface area contributed by atoms with E-state index in [1.165, 1.54) is 4.88 Å². The number of morpholine rings is 1. The van der Waals surface area contributed by atoms with Crippen LogP contribution in [0.4, 0.5) is 0 Å². The molecule has 2 rings (SSSR count). The molecule has 3 N–H and O–H groups in total. The third-order valence-corrected chi connectivity index (χ3v) is 5.17. The Labute approximate surface area is 185 Å². The molecule has 6 nitrogen and oxygen atoms in total. The minimum absolute atomic E-state index is 0. The normalized spacial score (nSPS) is 17.3. The lowest BCUT2D eigenvalue weighted by Gasteiger charge is -2.33. The second kappa shape index (κ2) is 12.9. The van der Waals surface area contributed by atoms with E-state index in [4.69, 9.17) is 9.73 Å². The second-order valence-electron chi connectivity index (χ2n) is 7.50. The molecule has 1 aromatic rings. The van der Waals surface area contributed by atoms with E-state index in [1.54, 1.807) is 0 Å². The van der Waals surface area contributed by atoms with E-state index in [0.717, 1.165) is 58.4 Å². The largest absolute Gasteiger partial charge is 0.379 e. The molecule has 1 aromatic heterocycles. The Morgan fingerprint density at radius 3 is 2.59 bits per heavy atom. The first kappa shape index (κ1) is 24.6. The SMILES string of the molecule is CCNC(=NCC(c1cccs1)N1CCOCC1)NCCNC(C)(C)C.I. The van der Waals surface area contributed by atoms with Crippen molar-refractivity contribution >= 4 is 41.3 Å². The molecule has 1 aliphatic rings. The summed E-state index contributed by atoms with van der Waals surface area (Å²) in [4.78, 5) is 8.74. The summed E-state index contributed by atoms with van der Waals surface area (Å²) >= 11 is 1.81. The minimum Gasteiger partial charge on any atom is -0.379 e. The van der Waals surface area contributed by atoms with Gasteiger partial charge in [-0.1, -0.05) is 6.07 Å². The number of rotatable bonds is 8. The van der Waals surface area contributed by atoms with E-state index >= 15 is 0 Å². The highest BCUT2D eigenvalue weighted by Gasteiger charge is 2.23. The Hall–Kier alpha value is -0.420. The summed E-state index contributed by atoms with van der Waals surface area (Å²) < 4.78 is 5.52. The molecule has 1 atom stereocenters. The number of aliphatic imine (C=N–C) groups is 1. The van der Waals surface area contributed by atoms with Crippen molar-refractivity contribution in [3.05, 3.63) is 22.4 Å². The molecule has 0 spiro atoms. The van der Waals surface area contributed by atoms with Crippen LogP contribution in [0.2, 0.25) is 0 Å². The maximum atomic E-state index is 5.52. The lowest BCUT2D eigenvalue weighted by atomic mass is 10.1. The van der Waals surface area contributed by atoms with E-state index < -0.39 is 0 Å². The number of thiophene rings is 1. The zero-order valence-electron chi connectivity index (χ0n) is 17.1. The quantitative estimate of drug-likeness (QED) is 0.218. The highest BCUT2D eigenvalue weighted by Crippen LogP contribution is 2.26. The summed E-state index contributed by atoms with van der Waals surface area (Å²) in [5, 5.41) is 12.4. The molecule has 0 saturated carbocycles. The van der Waals surface area contributed by atoms with Gasteiger partial charge in [0.05, 0.1) is 25.8 Å². The third kappa shape index (κ3) is 9.56. The van der Waals surface area contributed by atoms with E-state index in [1.807, 2.05) is 11.3 Å². The monoisotopic (exact) mass is 509 g/mol. The van der Waals surface area contributed by atoms with Crippen LogP contribution >= 0.6 is 35.3 Å². The first-order valence-electron chi connectivity index (χ1n) is 9.62. The molecule has 1 unspecified atom stereocenters. The van der Waals surface area contributed by atoms with Gasteiger partial charge in [0.1, 0.15) is 0 Å². The fourth-order valence-corrected chi connectivity index (χ4v) is 3.75. The molecule has 0 aromatic carbocycles. The molecule has 156 valence electrons. The fourth-order valence-electron chi connectivity index (χ4n) is 2.89. The van der Waals surface area contributed by atoms with Crippen LogP contribution in [0.25, 0.3) is 0 Å². The minimum atomic E-state index is 0. The molecule has 27 heavy (non-hydrogen) atoms. The van der Waals surface area contributed by atoms with Crippen molar-refractivity contribution in [2.45, 2.75) is 39.3 Å². The van der Waals surface area contributed by atoms with Crippen molar-refractivity contribution in [1.82, 2.24) is 20.9 Å². The molecule has 0 aliphatic carbocycles. The topological polar surface area (TPSA) is 60.9 Å². The Morgan fingerprint density at radius 1 is 1.26 bits per heavy atom. The zero-order chi connectivity index (χ0) is 18.8. The Bertz CT molecular complexity index is 527. The molecule has 0 bridgehead atoms. The van der Waals surface area contributed by atoms with E-state index in [2.05, 4.69) is 66.1 Å². The van der Waals surface area contributed by atoms with Gasteiger partial charge in [0.2, 0.25) is 0 Å². The van der Waals surface area contributed by atoms with Gasteiger partial charge < -0.3 is 20.7 Å². The van der Waals surface area contributed by atoms with E-state index in [-0.39, 0.29) is 29.5 Å². The standard InChI is InChI=1S/C19H35N5OS.HI/c1-5-20-18(21-8-9-23-19(2,3)4)22-15-16(17-7-6-14-26-17)24-10-12-25-13-11-24;/h6-7,14,16,23H,5,8-13,15H2,1-4H3,(H2,20,21,22);1H. The Morgan fingerprint density at radius 2 is 2.00 bits per heavy atom. The summed E-state index contributed by atoms with van der Waals surface area (Å²) in [5.74, 6) is 0.887. The summed E-state index contributed by atoms with van der Waals surface area (Å²) in [7, 11) is 0. The van der Waals surface area contributed by atoms with Gasteiger partial charge in [-0.3, -0.25) is 9.89 Å². The van der Waals surface area contributed by atoms with Gasteiger partial charge >= 0.3 is 0 Å². The zero-order valence-corrected chi connectivity index (χ0v) is 20.2. The van der Waals surface area contributed by atoms with Gasteiger partial charge in [-0.25, -0.2) is 0 Å². The van der Waals surface area contributed by atoms with Crippen LogP contribution < -0.4 is 16.0 Å². The molecule has 0 amide bonds. The summed E-state index contributed by atoms with van der Waals surface area (Å²) in [6.45, 7) is 15.6.